The molecular weight excluding hydrogens is 343 g/mol. The van der Waals surface area contributed by atoms with Gasteiger partial charge in [0.25, 0.3) is 5.56 Å². The van der Waals surface area contributed by atoms with Crippen LogP contribution < -0.4 is 10.3 Å². The molecule has 0 unspecified atom stereocenters. The fourth-order valence-electron chi connectivity index (χ4n) is 3.67. The average Bonchev–Trinajstić information content (AvgIpc) is 3.02. The third-order valence-electron chi connectivity index (χ3n) is 4.84. The Labute approximate surface area is 155 Å². The lowest BCUT2D eigenvalue weighted by Gasteiger charge is -2.14. The molecule has 0 saturated carbocycles. The summed E-state index contributed by atoms with van der Waals surface area (Å²) in [6, 6.07) is 10.2. The molecule has 0 aliphatic rings. The van der Waals surface area contributed by atoms with Gasteiger partial charge in [0.1, 0.15) is 17.1 Å². The van der Waals surface area contributed by atoms with Crippen LogP contribution in [0.2, 0.25) is 0 Å². The number of benzene rings is 2. The maximum atomic E-state index is 13.4. The molecule has 0 radical (unpaired) electrons. The summed E-state index contributed by atoms with van der Waals surface area (Å²) in [5.74, 6) is 0.480. The molecule has 4 nitrogen and oxygen atoms in total. The van der Waals surface area contributed by atoms with E-state index in [2.05, 4.69) is 4.98 Å². The predicted molar refractivity (Wildman–Crippen MR) is 105 cm³/mol. The largest absolute Gasteiger partial charge is 0.497 e. The summed E-state index contributed by atoms with van der Waals surface area (Å²) in [5.41, 5.74) is 5.95. The van der Waals surface area contributed by atoms with Gasteiger partial charge in [0.2, 0.25) is 0 Å². The van der Waals surface area contributed by atoms with E-state index in [1.807, 2.05) is 36.6 Å². The highest BCUT2D eigenvalue weighted by Gasteiger charge is 2.20. The number of H-pyrrole nitrogens is 1. The second kappa shape index (κ2) is 6.43. The molecule has 0 amide bonds. The molecule has 2 aromatic carbocycles. The number of hydrogen-bond acceptors (Lipinski definition) is 2. The Hall–Kier alpha value is -3.34. The minimum absolute atomic E-state index is 0.171. The molecule has 2 aromatic heterocycles. The van der Waals surface area contributed by atoms with E-state index in [0.717, 1.165) is 39.1 Å². The molecule has 2 heterocycles. The minimum Gasteiger partial charge on any atom is -0.497 e. The van der Waals surface area contributed by atoms with Gasteiger partial charge in [-0.25, -0.2) is 4.39 Å². The molecular formula is C22H19FN2O2. The first-order valence-corrected chi connectivity index (χ1v) is 8.63. The van der Waals surface area contributed by atoms with Crippen LogP contribution >= 0.6 is 0 Å². The third kappa shape index (κ3) is 2.81. The van der Waals surface area contributed by atoms with E-state index in [4.69, 9.17) is 4.74 Å². The Kier molecular flexibility index (Phi) is 4.07. The molecule has 0 aliphatic carbocycles. The number of aromatic nitrogens is 2. The molecule has 0 saturated heterocycles. The smallest absolute Gasteiger partial charge is 0.272 e. The summed E-state index contributed by atoms with van der Waals surface area (Å²) < 4.78 is 20.6. The Balaban J connectivity index is 2.12. The van der Waals surface area contributed by atoms with Crippen molar-refractivity contribution in [1.29, 1.82) is 0 Å². The van der Waals surface area contributed by atoms with Crippen LogP contribution in [0.15, 0.2) is 59.8 Å². The van der Waals surface area contributed by atoms with E-state index in [-0.39, 0.29) is 11.4 Å². The highest BCUT2D eigenvalue weighted by Crippen LogP contribution is 2.40. The summed E-state index contributed by atoms with van der Waals surface area (Å²) in [4.78, 5) is 15.4. The number of ether oxygens (including phenoxy) is 1. The average molecular weight is 362 g/mol. The SMILES string of the molecule is COc1cc(C)c(-c2c(-c3ccc(F)cc3)cn3cc[nH]c(=O)c23)c(C)c1. The molecule has 5 heteroatoms. The monoisotopic (exact) mass is 362 g/mol. The molecule has 4 aromatic rings. The van der Waals surface area contributed by atoms with Gasteiger partial charge in [0.15, 0.2) is 0 Å². The number of rotatable bonds is 3. The van der Waals surface area contributed by atoms with Crippen molar-refractivity contribution < 1.29 is 9.13 Å². The third-order valence-corrected chi connectivity index (χ3v) is 4.84. The normalized spacial score (nSPS) is 11.1. The van der Waals surface area contributed by atoms with Gasteiger partial charge in [-0.3, -0.25) is 4.79 Å². The minimum atomic E-state index is -0.293. The van der Waals surface area contributed by atoms with Crippen LogP contribution in [0.3, 0.4) is 0 Å². The summed E-state index contributed by atoms with van der Waals surface area (Å²) in [5, 5.41) is 0. The van der Waals surface area contributed by atoms with Crippen molar-refractivity contribution in [2.75, 3.05) is 7.11 Å². The van der Waals surface area contributed by atoms with Crippen molar-refractivity contribution in [3.63, 3.8) is 0 Å². The maximum absolute atomic E-state index is 13.4. The first-order valence-electron chi connectivity index (χ1n) is 8.63. The summed E-state index contributed by atoms with van der Waals surface area (Å²) in [6.45, 7) is 4.00. The number of nitrogens with zero attached hydrogens (tertiary/aromatic N) is 1. The molecule has 0 atom stereocenters. The maximum Gasteiger partial charge on any atom is 0.272 e. The second-order valence-electron chi connectivity index (χ2n) is 6.61. The highest BCUT2D eigenvalue weighted by atomic mass is 19.1. The lowest BCUT2D eigenvalue weighted by Crippen LogP contribution is -2.08. The topological polar surface area (TPSA) is 46.5 Å². The van der Waals surface area contributed by atoms with Gasteiger partial charge in [-0.2, -0.15) is 0 Å². The quantitative estimate of drug-likeness (QED) is 0.573. The second-order valence-corrected chi connectivity index (χ2v) is 6.61. The van der Waals surface area contributed by atoms with E-state index in [0.29, 0.717) is 5.52 Å². The molecule has 27 heavy (non-hydrogen) atoms. The zero-order valence-electron chi connectivity index (χ0n) is 15.3. The Morgan fingerprint density at radius 1 is 1.04 bits per heavy atom. The Morgan fingerprint density at radius 3 is 2.33 bits per heavy atom. The fourth-order valence-corrected chi connectivity index (χ4v) is 3.67. The zero-order chi connectivity index (χ0) is 19.1. The number of nitrogens with one attached hydrogen (secondary N) is 1. The van der Waals surface area contributed by atoms with E-state index < -0.39 is 0 Å². The van der Waals surface area contributed by atoms with Crippen molar-refractivity contribution in [1.82, 2.24) is 9.38 Å². The molecule has 0 spiro atoms. The van der Waals surface area contributed by atoms with Crippen LogP contribution in [0.1, 0.15) is 11.1 Å². The molecule has 0 aliphatic heterocycles. The molecule has 0 bridgehead atoms. The van der Waals surface area contributed by atoms with Crippen LogP contribution in [-0.4, -0.2) is 16.5 Å². The highest BCUT2D eigenvalue weighted by molar-refractivity contribution is 5.96. The van der Waals surface area contributed by atoms with Crippen molar-refractivity contribution in [2.45, 2.75) is 13.8 Å². The Bertz CT molecular complexity index is 1180. The van der Waals surface area contributed by atoms with Crippen molar-refractivity contribution in [3.8, 4) is 28.0 Å². The number of fused-ring (bicyclic) bond motifs is 1. The zero-order valence-corrected chi connectivity index (χ0v) is 15.3. The molecule has 4 rings (SSSR count). The summed E-state index contributed by atoms with van der Waals surface area (Å²) >= 11 is 0. The summed E-state index contributed by atoms with van der Waals surface area (Å²) in [7, 11) is 1.64. The van der Waals surface area contributed by atoms with Gasteiger partial charge in [-0.05, 0) is 60.4 Å². The standard InChI is InChI=1S/C22H19FN2O2/c1-13-10-17(27-3)11-14(2)19(13)20-18(15-4-6-16(23)7-5-15)12-25-9-8-24-22(26)21(20)25/h4-12H,1-3H3,(H,24,26). The van der Waals surface area contributed by atoms with Gasteiger partial charge >= 0.3 is 0 Å². The lowest BCUT2D eigenvalue weighted by atomic mass is 9.91. The van der Waals surface area contributed by atoms with Crippen LogP contribution in [0.4, 0.5) is 4.39 Å². The van der Waals surface area contributed by atoms with Gasteiger partial charge in [0.05, 0.1) is 7.11 Å². The lowest BCUT2D eigenvalue weighted by molar-refractivity contribution is 0.414. The first kappa shape index (κ1) is 17.1. The van der Waals surface area contributed by atoms with E-state index in [1.54, 1.807) is 31.6 Å². The van der Waals surface area contributed by atoms with Crippen LogP contribution in [0.5, 0.6) is 5.75 Å². The summed E-state index contributed by atoms with van der Waals surface area (Å²) in [6.07, 6.45) is 5.33. The molecule has 136 valence electrons. The van der Waals surface area contributed by atoms with Crippen molar-refractivity contribution in [3.05, 3.63) is 82.3 Å². The predicted octanol–water partition coefficient (Wildman–Crippen LogP) is 4.73. The van der Waals surface area contributed by atoms with Gasteiger partial charge < -0.3 is 14.1 Å². The number of hydrogen-bond donors (Lipinski definition) is 1. The van der Waals surface area contributed by atoms with E-state index in [1.165, 1.54) is 12.1 Å². The van der Waals surface area contributed by atoms with Crippen LogP contribution in [0, 0.1) is 19.7 Å². The van der Waals surface area contributed by atoms with Gasteiger partial charge in [0, 0.05) is 29.7 Å². The van der Waals surface area contributed by atoms with E-state index in [9.17, 15) is 9.18 Å². The van der Waals surface area contributed by atoms with Crippen LogP contribution in [-0.2, 0) is 0 Å². The molecule has 0 fully saturated rings. The number of aryl methyl sites for hydroxylation is 2. The van der Waals surface area contributed by atoms with Crippen molar-refractivity contribution in [2.24, 2.45) is 0 Å². The fraction of sp³-hybridized carbons (Fsp3) is 0.136. The van der Waals surface area contributed by atoms with Crippen molar-refractivity contribution >= 4 is 5.52 Å². The van der Waals surface area contributed by atoms with Crippen LogP contribution in [0.25, 0.3) is 27.8 Å². The number of halogens is 1. The number of methoxy groups -OCH3 is 1. The number of aromatic amines is 1. The van der Waals surface area contributed by atoms with E-state index >= 15 is 0 Å². The van der Waals surface area contributed by atoms with Gasteiger partial charge in [-0.15, -0.1) is 0 Å². The molecule has 1 N–H and O–H groups in total. The first-order chi connectivity index (χ1) is 13.0. The van der Waals surface area contributed by atoms with Gasteiger partial charge in [-0.1, -0.05) is 12.1 Å². The Morgan fingerprint density at radius 2 is 1.70 bits per heavy atom.